The van der Waals surface area contributed by atoms with Gasteiger partial charge in [0.2, 0.25) is 0 Å². The summed E-state index contributed by atoms with van der Waals surface area (Å²) in [6.45, 7) is 0. The Bertz CT molecular complexity index is 848. The Morgan fingerprint density at radius 3 is 2.81 bits per heavy atom. The zero-order chi connectivity index (χ0) is 15.6. The lowest BCUT2D eigenvalue weighted by Gasteiger charge is -2.09. The van der Waals surface area contributed by atoms with E-state index in [0.29, 0.717) is 0 Å². The second kappa shape index (κ2) is 5.26. The van der Waals surface area contributed by atoms with Gasteiger partial charge in [0.25, 0.3) is 10.0 Å². The van der Waals surface area contributed by atoms with E-state index in [4.69, 9.17) is 10.4 Å². The van der Waals surface area contributed by atoms with Crippen molar-refractivity contribution in [2.45, 2.75) is 4.90 Å². The van der Waals surface area contributed by atoms with Gasteiger partial charge in [0.15, 0.2) is 5.82 Å². The van der Waals surface area contributed by atoms with Crippen LogP contribution < -0.4 is 4.72 Å². The molecule has 0 aliphatic carbocycles. The molecule has 0 spiro atoms. The van der Waals surface area contributed by atoms with Crippen LogP contribution in [0.5, 0.6) is 0 Å². The van der Waals surface area contributed by atoms with Gasteiger partial charge >= 0.3 is 5.97 Å². The number of aryl methyl sites for hydroxylation is 1. The fourth-order valence-electron chi connectivity index (χ4n) is 1.63. The van der Waals surface area contributed by atoms with Crippen LogP contribution in [0.3, 0.4) is 0 Å². The molecule has 0 radical (unpaired) electrons. The molecule has 0 aliphatic rings. The molecule has 0 amide bonds. The summed E-state index contributed by atoms with van der Waals surface area (Å²) in [5.41, 5.74) is -0.0844. The predicted octanol–water partition coefficient (Wildman–Crippen LogP) is 0.791. The summed E-state index contributed by atoms with van der Waals surface area (Å²) in [4.78, 5) is 10.9. The molecule has 0 aliphatic heterocycles. The average Bonchev–Trinajstić information content (AvgIpc) is 2.80. The summed E-state index contributed by atoms with van der Waals surface area (Å²) in [5.74, 6) is -1.46. The van der Waals surface area contributed by atoms with Crippen molar-refractivity contribution < 1.29 is 18.3 Å². The van der Waals surface area contributed by atoms with E-state index >= 15 is 0 Å². The summed E-state index contributed by atoms with van der Waals surface area (Å²) in [6.07, 6.45) is 1.05. The van der Waals surface area contributed by atoms with Gasteiger partial charge in [0.05, 0.1) is 22.7 Å². The number of nitrogens with one attached hydrogen (secondary N) is 1. The van der Waals surface area contributed by atoms with Crippen LogP contribution in [0.15, 0.2) is 35.4 Å². The minimum atomic E-state index is -4.02. The lowest BCUT2D eigenvalue weighted by Crippen LogP contribution is -2.17. The van der Waals surface area contributed by atoms with E-state index in [-0.39, 0.29) is 21.8 Å². The molecular formula is C12H10N4O4S. The Morgan fingerprint density at radius 2 is 2.19 bits per heavy atom. The van der Waals surface area contributed by atoms with Crippen molar-refractivity contribution in [1.82, 2.24) is 9.78 Å². The molecule has 8 nitrogen and oxygen atoms in total. The van der Waals surface area contributed by atoms with Gasteiger partial charge < -0.3 is 5.11 Å². The number of carbonyl (C=O) groups is 1. The highest BCUT2D eigenvalue weighted by Crippen LogP contribution is 2.20. The molecule has 9 heteroatoms. The fraction of sp³-hybridized carbons (Fsp3) is 0.0833. The highest BCUT2D eigenvalue weighted by atomic mass is 32.2. The molecule has 0 saturated heterocycles. The molecule has 21 heavy (non-hydrogen) atoms. The summed E-state index contributed by atoms with van der Waals surface area (Å²) >= 11 is 0. The van der Waals surface area contributed by atoms with Gasteiger partial charge in [-0.25, -0.2) is 13.2 Å². The van der Waals surface area contributed by atoms with E-state index in [2.05, 4.69) is 9.82 Å². The molecule has 0 unspecified atom stereocenters. The summed E-state index contributed by atoms with van der Waals surface area (Å²) in [7, 11) is -2.61. The molecule has 108 valence electrons. The number of carboxylic acid groups (broad SMARTS) is 1. The van der Waals surface area contributed by atoms with Crippen molar-refractivity contribution in [3.63, 3.8) is 0 Å². The van der Waals surface area contributed by atoms with Gasteiger partial charge in [-0.05, 0) is 18.2 Å². The van der Waals surface area contributed by atoms with E-state index in [9.17, 15) is 13.2 Å². The molecule has 0 fully saturated rings. The van der Waals surface area contributed by atoms with Crippen LogP contribution in [0.1, 0.15) is 15.9 Å². The third-order valence-electron chi connectivity index (χ3n) is 2.67. The first kappa shape index (κ1) is 14.5. The molecule has 0 saturated carbocycles. The normalized spacial score (nSPS) is 10.9. The number of rotatable bonds is 4. The highest BCUT2D eigenvalue weighted by Gasteiger charge is 2.22. The quantitative estimate of drug-likeness (QED) is 0.860. The molecule has 1 aromatic carbocycles. The van der Waals surface area contributed by atoms with Crippen molar-refractivity contribution in [1.29, 1.82) is 5.26 Å². The van der Waals surface area contributed by atoms with Crippen molar-refractivity contribution in [3.05, 3.63) is 41.6 Å². The number of benzene rings is 1. The number of hydrogen-bond acceptors (Lipinski definition) is 5. The van der Waals surface area contributed by atoms with Gasteiger partial charge in [0, 0.05) is 7.05 Å². The Hall–Kier alpha value is -2.86. The van der Waals surface area contributed by atoms with Gasteiger partial charge in [-0.3, -0.25) is 9.40 Å². The first-order chi connectivity index (χ1) is 9.85. The maximum Gasteiger partial charge on any atom is 0.341 e. The Morgan fingerprint density at radius 1 is 1.48 bits per heavy atom. The Labute approximate surface area is 120 Å². The van der Waals surface area contributed by atoms with Crippen LogP contribution in [0, 0.1) is 11.3 Å². The summed E-state index contributed by atoms with van der Waals surface area (Å²) in [5, 5.41) is 21.5. The molecule has 2 N–H and O–H groups in total. The largest absolute Gasteiger partial charge is 0.477 e. The number of aromatic nitrogens is 2. The summed E-state index contributed by atoms with van der Waals surface area (Å²) in [6, 6.07) is 7.22. The maximum atomic E-state index is 12.2. The third kappa shape index (κ3) is 2.85. The molecule has 2 aromatic rings. The topological polar surface area (TPSA) is 125 Å². The number of aromatic carboxylic acids is 1. The highest BCUT2D eigenvalue weighted by molar-refractivity contribution is 7.92. The minimum absolute atomic E-state index is 0.140. The second-order valence-corrected chi connectivity index (χ2v) is 5.76. The van der Waals surface area contributed by atoms with Gasteiger partial charge in [-0.15, -0.1) is 0 Å². The van der Waals surface area contributed by atoms with Crippen molar-refractivity contribution in [3.8, 4) is 6.07 Å². The molecular weight excluding hydrogens is 296 g/mol. The average molecular weight is 306 g/mol. The summed E-state index contributed by atoms with van der Waals surface area (Å²) < 4.78 is 27.8. The molecule has 0 atom stereocenters. The number of nitriles is 1. The lowest BCUT2D eigenvalue weighted by molar-refractivity contribution is 0.0698. The smallest absolute Gasteiger partial charge is 0.341 e. The Kier molecular flexibility index (Phi) is 3.64. The van der Waals surface area contributed by atoms with Gasteiger partial charge in [-0.1, -0.05) is 6.07 Å². The third-order valence-corrected chi connectivity index (χ3v) is 4.01. The van der Waals surface area contributed by atoms with Crippen LogP contribution in [0.25, 0.3) is 0 Å². The fourth-order valence-corrected chi connectivity index (χ4v) is 2.79. The zero-order valence-corrected chi connectivity index (χ0v) is 11.6. The number of anilines is 1. The van der Waals surface area contributed by atoms with Crippen LogP contribution in [-0.4, -0.2) is 29.3 Å². The van der Waals surface area contributed by atoms with Crippen molar-refractivity contribution in [2.75, 3.05) is 4.72 Å². The van der Waals surface area contributed by atoms with Crippen molar-refractivity contribution >= 4 is 21.8 Å². The SMILES string of the molecule is Cn1ncc(C(=O)O)c1NS(=O)(=O)c1cccc(C#N)c1. The van der Waals surface area contributed by atoms with Gasteiger partial charge in [-0.2, -0.15) is 10.4 Å². The van der Waals surface area contributed by atoms with E-state index in [1.54, 1.807) is 0 Å². The van der Waals surface area contributed by atoms with Crippen molar-refractivity contribution in [2.24, 2.45) is 7.05 Å². The number of nitrogens with zero attached hydrogens (tertiary/aromatic N) is 3. The van der Waals surface area contributed by atoms with Crippen LogP contribution >= 0.6 is 0 Å². The van der Waals surface area contributed by atoms with E-state index in [1.165, 1.54) is 31.3 Å². The number of sulfonamides is 1. The Balaban J connectivity index is 2.45. The molecule has 1 heterocycles. The molecule has 2 rings (SSSR count). The number of hydrogen-bond donors (Lipinski definition) is 2. The lowest BCUT2D eigenvalue weighted by atomic mass is 10.2. The standard InChI is InChI=1S/C12H10N4O4S/c1-16-11(10(7-14-16)12(17)18)15-21(19,20)9-4-2-3-8(5-9)6-13/h2-5,7,15H,1H3,(H,17,18). The zero-order valence-electron chi connectivity index (χ0n) is 10.8. The first-order valence-electron chi connectivity index (χ1n) is 5.63. The number of carboxylic acids is 1. The minimum Gasteiger partial charge on any atom is -0.477 e. The monoisotopic (exact) mass is 306 g/mol. The second-order valence-electron chi connectivity index (χ2n) is 4.08. The molecule has 0 bridgehead atoms. The molecule has 1 aromatic heterocycles. The van der Waals surface area contributed by atoms with Crippen LogP contribution in [0.2, 0.25) is 0 Å². The van der Waals surface area contributed by atoms with E-state index in [1.807, 2.05) is 6.07 Å². The maximum absolute atomic E-state index is 12.2. The van der Waals surface area contributed by atoms with Crippen LogP contribution in [-0.2, 0) is 17.1 Å². The van der Waals surface area contributed by atoms with Crippen LogP contribution in [0.4, 0.5) is 5.82 Å². The van der Waals surface area contributed by atoms with E-state index in [0.717, 1.165) is 10.9 Å². The predicted molar refractivity (Wildman–Crippen MR) is 72.1 cm³/mol. The first-order valence-corrected chi connectivity index (χ1v) is 7.12. The van der Waals surface area contributed by atoms with Gasteiger partial charge in [0.1, 0.15) is 5.56 Å². The van der Waals surface area contributed by atoms with E-state index < -0.39 is 16.0 Å².